The Morgan fingerprint density at radius 1 is 1.22 bits per heavy atom. The highest BCUT2D eigenvalue weighted by atomic mass is 15.1. The average Bonchev–Trinajstić information content (AvgIpc) is 2.62. The van der Waals surface area contributed by atoms with Crippen LogP contribution in [-0.2, 0) is 5.41 Å². The Morgan fingerprint density at radius 3 is 2.39 bits per heavy atom. The Kier molecular flexibility index (Phi) is 3.21. The first kappa shape index (κ1) is 13.1. The molecule has 0 aromatic carbocycles. The maximum absolute atomic E-state index is 5.88. The van der Waals surface area contributed by atoms with Gasteiger partial charge < -0.3 is 11.1 Å². The topological polar surface area (TPSA) is 63.8 Å². The van der Waals surface area contributed by atoms with Crippen molar-refractivity contribution in [2.75, 3.05) is 11.1 Å². The van der Waals surface area contributed by atoms with Gasteiger partial charge in [-0.05, 0) is 19.8 Å². The first-order valence-corrected chi connectivity index (χ1v) is 6.72. The second kappa shape index (κ2) is 4.41. The maximum Gasteiger partial charge on any atom is 0.138 e. The van der Waals surface area contributed by atoms with E-state index >= 15 is 0 Å². The maximum atomic E-state index is 5.88. The lowest BCUT2D eigenvalue weighted by Crippen LogP contribution is -2.32. The molecule has 0 unspecified atom stereocenters. The van der Waals surface area contributed by atoms with Crippen molar-refractivity contribution in [2.24, 2.45) is 0 Å². The highest BCUT2D eigenvalue weighted by Crippen LogP contribution is 2.32. The number of hydrogen-bond donors (Lipinski definition) is 2. The summed E-state index contributed by atoms with van der Waals surface area (Å²) in [6.07, 6.45) is 4.97. The van der Waals surface area contributed by atoms with Crippen molar-refractivity contribution in [1.82, 2.24) is 9.97 Å². The van der Waals surface area contributed by atoms with Gasteiger partial charge in [0.1, 0.15) is 17.5 Å². The normalized spacial score (nSPS) is 18.9. The van der Waals surface area contributed by atoms with Gasteiger partial charge >= 0.3 is 0 Å². The Morgan fingerprint density at radius 2 is 1.83 bits per heavy atom. The van der Waals surface area contributed by atoms with Gasteiger partial charge in [0, 0.05) is 17.0 Å². The minimum absolute atomic E-state index is 0.0810. The molecule has 0 amide bonds. The quantitative estimate of drug-likeness (QED) is 0.844. The number of nitrogens with one attached hydrogen (secondary N) is 1. The largest absolute Gasteiger partial charge is 0.384 e. The van der Waals surface area contributed by atoms with Crippen LogP contribution in [-0.4, -0.2) is 15.5 Å². The molecule has 2 rings (SSSR count). The zero-order chi connectivity index (χ0) is 13.4. The van der Waals surface area contributed by atoms with Crippen molar-refractivity contribution >= 4 is 11.6 Å². The molecule has 1 aliphatic carbocycles. The van der Waals surface area contributed by atoms with E-state index in [1.54, 1.807) is 0 Å². The number of nitrogens with two attached hydrogens (primary N) is 1. The third-order valence-corrected chi connectivity index (χ3v) is 3.55. The molecule has 0 bridgehead atoms. The number of nitrogens with zero attached hydrogens (tertiary/aromatic N) is 2. The van der Waals surface area contributed by atoms with E-state index in [0.717, 1.165) is 11.6 Å². The van der Waals surface area contributed by atoms with Crippen LogP contribution in [0.3, 0.4) is 0 Å². The summed E-state index contributed by atoms with van der Waals surface area (Å²) in [6, 6.07) is 1.83. The third kappa shape index (κ3) is 2.92. The summed E-state index contributed by atoms with van der Waals surface area (Å²) in [7, 11) is 0. The van der Waals surface area contributed by atoms with E-state index in [-0.39, 0.29) is 11.0 Å². The highest BCUT2D eigenvalue weighted by Gasteiger charge is 2.29. The number of nitrogen functional groups attached to an aromatic ring is 1. The predicted molar refractivity (Wildman–Crippen MR) is 75.6 cm³/mol. The molecule has 3 N–H and O–H groups in total. The highest BCUT2D eigenvalue weighted by molar-refractivity contribution is 5.47. The Hall–Kier alpha value is -1.32. The SMILES string of the molecule is CC1(Nc2cc(N)nc(C(C)(C)C)n2)CCCC1. The summed E-state index contributed by atoms with van der Waals surface area (Å²) in [6.45, 7) is 8.56. The van der Waals surface area contributed by atoms with Gasteiger partial charge in [0.05, 0.1) is 0 Å². The van der Waals surface area contributed by atoms with E-state index in [1.807, 2.05) is 6.07 Å². The van der Waals surface area contributed by atoms with Crippen LogP contribution in [0.1, 0.15) is 59.2 Å². The lowest BCUT2D eigenvalue weighted by molar-refractivity contribution is 0.522. The molecule has 0 saturated heterocycles. The van der Waals surface area contributed by atoms with Crippen molar-refractivity contribution in [3.63, 3.8) is 0 Å². The molecule has 0 spiro atoms. The van der Waals surface area contributed by atoms with Gasteiger partial charge in [-0.3, -0.25) is 0 Å². The van der Waals surface area contributed by atoms with Crippen LogP contribution in [0.5, 0.6) is 0 Å². The Labute approximate surface area is 109 Å². The van der Waals surface area contributed by atoms with Crippen LogP contribution in [0.2, 0.25) is 0 Å². The van der Waals surface area contributed by atoms with Crippen LogP contribution >= 0.6 is 0 Å². The molecule has 0 radical (unpaired) electrons. The van der Waals surface area contributed by atoms with E-state index in [1.165, 1.54) is 25.7 Å². The summed E-state index contributed by atoms with van der Waals surface area (Å²) >= 11 is 0. The van der Waals surface area contributed by atoms with E-state index < -0.39 is 0 Å². The average molecular weight is 248 g/mol. The molecule has 1 saturated carbocycles. The molecule has 1 aromatic rings. The smallest absolute Gasteiger partial charge is 0.138 e. The minimum Gasteiger partial charge on any atom is -0.384 e. The second-order valence-electron chi connectivity index (χ2n) is 6.64. The molecule has 4 heteroatoms. The summed E-state index contributed by atoms with van der Waals surface area (Å²) in [5, 5.41) is 3.54. The molecule has 1 aliphatic rings. The molecule has 0 aliphatic heterocycles. The van der Waals surface area contributed by atoms with Crippen LogP contribution in [0.4, 0.5) is 11.6 Å². The molecule has 1 heterocycles. The fourth-order valence-electron chi connectivity index (χ4n) is 2.45. The lowest BCUT2D eigenvalue weighted by Gasteiger charge is -2.27. The standard InChI is InChI=1S/C14H24N4/c1-13(2,3)12-16-10(15)9-11(17-12)18-14(4)7-5-6-8-14/h9H,5-8H2,1-4H3,(H3,15,16,17,18). The van der Waals surface area contributed by atoms with E-state index in [2.05, 4.69) is 43.0 Å². The van der Waals surface area contributed by atoms with Crippen LogP contribution in [0.15, 0.2) is 6.07 Å². The van der Waals surface area contributed by atoms with Gasteiger partial charge in [-0.25, -0.2) is 9.97 Å². The Balaban J connectivity index is 2.25. The minimum atomic E-state index is -0.0810. The van der Waals surface area contributed by atoms with Gasteiger partial charge in [-0.2, -0.15) is 0 Å². The third-order valence-electron chi connectivity index (χ3n) is 3.55. The number of rotatable bonds is 2. The molecule has 100 valence electrons. The zero-order valence-corrected chi connectivity index (χ0v) is 11.9. The van der Waals surface area contributed by atoms with Gasteiger partial charge in [0.2, 0.25) is 0 Å². The van der Waals surface area contributed by atoms with Crippen molar-refractivity contribution in [1.29, 1.82) is 0 Å². The summed E-state index contributed by atoms with van der Waals surface area (Å²) < 4.78 is 0. The molecule has 1 aromatic heterocycles. The molecular weight excluding hydrogens is 224 g/mol. The van der Waals surface area contributed by atoms with Crippen LogP contribution in [0, 0.1) is 0 Å². The number of anilines is 2. The number of hydrogen-bond acceptors (Lipinski definition) is 4. The predicted octanol–water partition coefficient (Wildman–Crippen LogP) is 3.10. The molecule has 1 fully saturated rings. The molecule has 4 nitrogen and oxygen atoms in total. The fraction of sp³-hybridized carbons (Fsp3) is 0.714. The molecule has 0 atom stereocenters. The first-order valence-electron chi connectivity index (χ1n) is 6.72. The molecule has 18 heavy (non-hydrogen) atoms. The van der Waals surface area contributed by atoms with Crippen molar-refractivity contribution < 1.29 is 0 Å². The summed E-state index contributed by atoms with van der Waals surface area (Å²) in [4.78, 5) is 8.94. The second-order valence-corrected chi connectivity index (χ2v) is 6.64. The Bertz CT molecular complexity index is 428. The van der Waals surface area contributed by atoms with Crippen LogP contribution in [0.25, 0.3) is 0 Å². The lowest BCUT2D eigenvalue weighted by atomic mass is 9.95. The van der Waals surface area contributed by atoms with Gasteiger partial charge in [-0.1, -0.05) is 33.6 Å². The van der Waals surface area contributed by atoms with Gasteiger partial charge in [0.25, 0.3) is 0 Å². The summed E-state index contributed by atoms with van der Waals surface area (Å²) in [5.74, 6) is 2.20. The van der Waals surface area contributed by atoms with Crippen molar-refractivity contribution in [3.8, 4) is 0 Å². The fourth-order valence-corrected chi connectivity index (χ4v) is 2.45. The van der Waals surface area contributed by atoms with Crippen molar-refractivity contribution in [2.45, 2.75) is 64.3 Å². The summed E-state index contributed by atoms with van der Waals surface area (Å²) in [5.41, 5.74) is 5.96. The van der Waals surface area contributed by atoms with Gasteiger partial charge in [0.15, 0.2) is 0 Å². The zero-order valence-electron chi connectivity index (χ0n) is 11.9. The van der Waals surface area contributed by atoms with Crippen molar-refractivity contribution in [3.05, 3.63) is 11.9 Å². The number of aromatic nitrogens is 2. The monoisotopic (exact) mass is 248 g/mol. The first-order chi connectivity index (χ1) is 8.28. The van der Waals surface area contributed by atoms with Gasteiger partial charge in [-0.15, -0.1) is 0 Å². The van der Waals surface area contributed by atoms with Crippen LogP contribution < -0.4 is 11.1 Å². The molecular formula is C14H24N4. The van der Waals surface area contributed by atoms with E-state index in [4.69, 9.17) is 5.73 Å². The van der Waals surface area contributed by atoms with E-state index in [9.17, 15) is 0 Å². The van der Waals surface area contributed by atoms with E-state index in [0.29, 0.717) is 5.82 Å².